The summed E-state index contributed by atoms with van der Waals surface area (Å²) in [6, 6.07) is 10.6. The number of amides is 1. The largest absolute Gasteiger partial charge is 0.452 e. The van der Waals surface area contributed by atoms with Crippen LogP contribution in [0.25, 0.3) is 0 Å². The molecular formula is C17H14Cl3NO3. The molecule has 0 radical (unpaired) electrons. The van der Waals surface area contributed by atoms with Crippen LogP contribution in [0.2, 0.25) is 15.1 Å². The smallest absolute Gasteiger partial charge is 0.341 e. The second-order valence-corrected chi connectivity index (χ2v) is 6.25. The summed E-state index contributed by atoms with van der Waals surface area (Å²) in [6.45, 7) is 1.88. The maximum atomic E-state index is 12.0. The first kappa shape index (κ1) is 18.6. The first-order chi connectivity index (χ1) is 11.4. The van der Waals surface area contributed by atoms with Gasteiger partial charge in [0.15, 0.2) is 6.61 Å². The van der Waals surface area contributed by atoms with Crippen molar-refractivity contribution in [3.8, 4) is 0 Å². The van der Waals surface area contributed by atoms with Crippen LogP contribution < -0.4 is 5.32 Å². The van der Waals surface area contributed by atoms with Crippen molar-refractivity contribution in [2.24, 2.45) is 0 Å². The van der Waals surface area contributed by atoms with Crippen LogP contribution in [0, 0.1) is 6.92 Å². The van der Waals surface area contributed by atoms with Crippen LogP contribution in [0.15, 0.2) is 36.4 Å². The highest BCUT2D eigenvalue weighted by Gasteiger charge is 2.19. The number of esters is 1. The number of carbonyl (C=O) groups excluding carboxylic acids is 2. The Morgan fingerprint density at radius 3 is 2.29 bits per heavy atom. The summed E-state index contributed by atoms with van der Waals surface area (Å²) in [4.78, 5) is 23.8. The van der Waals surface area contributed by atoms with Gasteiger partial charge in [-0.3, -0.25) is 4.79 Å². The quantitative estimate of drug-likeness (QED) is 0.611. The summed E-state index contributed by atoms with van der Waals surface area (Å²) in [5.74, 6) is -1.24. The summed E-state index contributed by atoms with van der Waals surface area (Å²) in [6.07, 6.45) is 0. The Bertz CT molecular complexity index is 760. The molecule has 4 nitrogen and oxygen atoms in total. The topological polar surface area (TPSA) is 55.4 Å². The van der Waals surface area contributed by atoms with Crippen LogP contribution in [0.5, 0.6) is 0 Å². The Balaban J connectivity index is 1.89. The van der Waals surface area contributed by atoms with Gasteiger partial charge < -0.3 is 10.1 Å². The van der Waals surface area contributed by atoms with E-state index in [1.54, 1.807) is 0 Å². The van der Waals surface area contributed by atoms with Gasteiger partial charge in [-0.2, -0.15) is 0 Å². The summed E-state index contributed by atoms with van der Waals surface area (Å²) >= 11 is 17.7. The Hall–Kier alpha value is -1.75. The van der Waals surface area contributed by atoms with E-state index in [0.29, 0.717) is 6.54 Å². The molecule has 0 aliphatic carbocycles. The third kappa shape index (κ3) is 4.87. The predicted molar refractivity (Wildman–Crippen MR) is 94.8 cm³/mol. The zero-order valence-electron chi connectivity index (χ0n) is 12.7. The zero-order chi connectivity index (χ0) is 17.7. The lowest BCUT2D eigenvalue weighted by Gasteiger charge is -2.09. The molecule has 0 spiro atoms. The van der Waals surface area contributed by atoms with Crippen LogP contribution in [-0.2, 0) is 16.1 Å². The summed E-state index contributed by atoms with van der Waals surface area (Å²) in [5, 5.41) is 2.94. The molecule has 0 aliphatic rings. The van der Waals surface area contributed by atoms with Gasteiger partial charge in [0.05, 0.1) is 20.6 Å². The standard InChI is InChI=1S/C17H14Cl3NO3/c1-10-2-4-11(5-3-10)8-21-14(22)9-24-17(23)15-12(18)6-7-13(19)16(15)20/h2-7H,8-9H2,1H3,(H,21,22). The van der Waals surface area contributed by atoms with E-state index in [-0.39, 0.29) is 20.6 Å². The van der Waals surface area contributed by atoms with Crippen molar-refractivity contribution in [1.29, 1.82) is 0 Å². The van der Waals surface area contributed by atoms with Crippen LogP contribution in [0.3, 0.4) is 0 Å². The van der Waals surface area contributed by atoms with Gasteiger partial charge in [-0.25, -0.2) is 4.79 Å². The number of halogens is 3. The third-order valence-corrected chi connectivity index (χ3v) is 4.31. The minimum Gasteiger partial charge on any atom is -0.452 e. The van der Waals surface area contributed by atoms with Crippen LogP contribution in [0.1, 0.15) is 21.5 Å². The fraction of sp³-hybridized carbons (Fsp3) is 0.176. The van der Waals surface area contributed by atoms with Crippen LogP contribution >= 0.6 is 34.8 Å². The molecule has 2 aromatic rings. The van der Waals surface area contributed by atoms with Crippen LogP contribution in [0.4, 0.5) is 0 Å². The number of carbonyl (C=O) groups is 2. The van der Waals surface area contributed by atoms with Crippen molar-refractivity contribution >= 4 is 46.7 Å². The van der Waals surface area contributed by atoms with E-state index in [4.69, 9.17) is 39.5 Å². The van der Waals surface area contributed by atoms with Crippen molar-refractivity contribution in [3.63, 3.8) is 0 Å². The van der Waals surface area contributed by atoms with Gasteiger partial charge >= 0.3 is 5.97 Å². The minimum atomic E-state index is -0.807. The Morgan fingerprint density at radius 2 is 1.62 bits per heavy atom. The van der Waals surface area contributed by atoms with E-state index in [1.807, 2.05) is 31.2 Å². The van der Waals surface area contributed by atoms with E-state index >= 15 is 0 Å². The summed E-state index contributed by atoms with van der Waals surface area (Å²) < 4.78 is 4.94. The average Bonchev–Trinajstić information content (AvgIpc) is 2.56. The van der Waals surface area contributed by atoms with Gasteiger partial charge in [-0.05, 0) is 24.6 Å². The van der Waals surface area contributed by atoms with Crippen molar-refractivity contribution in [1.82, 2.24) is 5.32 Å². The first-order valence-corrected chi connectivity index (χ1v) is 8.14. The number of benzene rings is 2. The number of rotatable bonds is 5. The number of hydrogen-bond acceptors (Lipinski definition) is 3. The maximum absolute atomic E-state index is 12.0. The SMILES string of the molecule is Cc1ccc(CNC(=O)COC(=O)c2c(Cl)ccc(Cl)c2Cl)cc1. The lowest BCUT2D eigenvalue weighted by Crippen LogP contribution is -2.28. The number of aryl methyl sites for hydroxylation is 1. The molecule has 0 saturated heterocycles. The second kappa shape index (κ2) is 8.38. The lowest BCUT2D eigenvalue weighted by molar-refractivity contribution is -0.124. The van der Waals surface area contributed by atoms with Crippen LogP contribution in [-0.4, -0.2) is 18.5 Å². The van der Waals surface area contributed by atoms with E-state index in [9.17, 15) is 9.59 Å². The molecule has 0 unspecified atom stereocenters. The maximum Gasteiger partial charge on any atom is 0.341 e. The first-order valence-electron chi connectivity index (χ1n) is 7.01. The highest BCUT2D eigenvalue weighted by molar-refractivity contribution is 6.46. The van der Waals surface area contributed by atoms with E-state index in [2.05, 4.69) is 5.32 Å². The number of hydrogen-bond donors (Lipinski definition) is 1. The molecule has 0 bridgehead atoms. The van der Waals surface area contributed by atoms with E-state index in [1.165, 1.54) is 12.1 Å². The normalized spacial score (nSPS) is 10.3. The summed E-state index contributed by atoms with van der Waals surface area (Å²) in [5.41, 5.74) is 2.02. The van der Waals surface area contributed by atoms with E-state index in [0.717, 1.165) is 11.1 Å². The molecule has 1 amide bonds. The van der Waals surface area contributed by atoms with Gasteiger partial charge in [0.2, 0.25) is 0 Å². The zero-order valence-corrected chi connectivity index (χ0v) is 15.0. The molecule has 24 heavy (non-hydrogen) atoms. The van der Waals surface area contributed by atoms with Crippen molar-refractivity contribution in [3.05, 3.63) is 68.2 Å². The molecule has 2 rings (SSSR count). The van der Waals surface area contributed by atoms with E-state index < -0.39 is 18.5 Å². The van der Waals surface area contributed by atoms with Crippen molar-refractivity contribution < 1.29 is 14.3 Å². The highest BCUT2D eigenvalue weighted by Crippen LogP contribution is 2.31. The monoisotopic (exact) mass is 385 g/mol. The average molecular weight is 387 g/mol. The number of ether oxygens (including phenoxy) is 1. The van der Waals surface area contributed by atoms with Gasteiger partial charge in [-0.15, -0.1) is 0 Å². The fourth-order valence-electron chi connectivity index (χ4n) is 1.88. The fourth-order valence-corrected chi connectivity index (χ4v) is 2.56. The second-order valence-electron chi connectivity index (χ2n) is 5.06. The predicted octanol–water partition coefficient (Wildman–Crippen LogP) is 4.43. The molecule has 126 valence electrons. The highest BCUT2D eigenvalue weighted by atomic mass is 35.5. The molecule has 7 heteroatoms. The molecule has 0 aromatic heterocycles. The molecule has 0 heterocycles. The summed E-state index contributed by atoms with van der Waals surface area (Å²) in [7, 11) is 0. The van der Waals surface area contributed by atoms with Gasteiger partial charge in [0.1, 0.15) is 0 Å². The molecular weight excluding hydrogens is 373 g/mol. The lowest BCUT2D eigenvalue weighted by atomic mass is 10.1. The Morgan fingerprint density at radius 1 is 1.00 bits per heavy atom. The molecule has 2 aromatic carbocycles. The molecule has 0 fully saturated rings. The molecule has 0 atom stereocenters. The Kier molecular flexibility index (Phi) is 6.49. The van der Waals surface area contributed by atoms with Crippen molar-refractivity contribution in [2.45, 2.75) is 13.5 Å². The van der Waals surface area contributed by atoms with Gasteiger partial charge in [0.25, 0.3) is 5.91 Å². The Labute approximate surface area is 154 Å². The van der Waals surface area contributed by atoms with Gasteiger partial charge in [-0.1, -0.05) is 64.6 Å². The van der Waals surface area contributed by atoms with Gasteiger partial charge in [0, 0.05) is 6.54 Å². The third-order valence-electron chi connectivity index (χ3n) is 3.19. The number of nitrogens with one attached hydrogen (secondary N) is 1. The molecule has 1 N–H and O–H groups in total. The molecule has 0 aliphatic heterocycles. The molecule has 0 saturated carbocycles. The minimum absolute atomic E-state index is 0.00534. The van der Waals surface area contributed by atoms with Crippen molar-refractivity contribution in [2.75, 3.05) is 6.61 Å².